The Morgan fingerprint density at radius 3 is 2.33 bits per heavy atom. The summed E-state index contributed by atoms with van der Waals surface area (Å²) in [4.78, 5) is 7.39. The van der Waals surface area contributed by atoms with Crippen molar-refractivity contribution in [3.63, 3.8) is 0 Å². The van der Waals surface area contributed by atoms with Gasteiger partial charge in [-0.3, -0.25) is 4.90 Å². The molecule has 1 saturated heterocycles. The summed E-state index contributed by atoms with van der Waals surface area (Å²) in [6.45, 7) is 12.6. The second kappa shape index (κ2) is 7.40. The van der Waals surface area contributed by atoms with Gasteiger partial charge in [-0.05, 0) is 38.3 Å². The minimum absolute atomic E-state index is 0.108. The SMILES string of the molecule is CN(C)CCN1CCN(CC2CCCC(C)(C)C2O)CC1. The van der Waals surface area contributed by atoms with Crippen LogP contribution >= 0.6 is 0 Å². The Kier molecular flexibility index (Phi) is 6.06. The summed E-state index contributed by atoms with van der Waals surface area (Å²) in [6.07, 6.45) is 3.52. The number of piperazine rings is 1. The summed E-state index contributed by atoms with van der Waals surface area (Å²) < 4.78 is 0. The molecule has 0 bridgehead atoms. The van der Waals surface area contributed by atoms with Gasteiger partial charge >= 0.3 is 0 Å². The van der Waals surface area contributed by atoms with E-state index in [4.69, 9.17) is 0 Å². The van der Waals surface area contributed by atoms with Gasteiger partial charge in [0.25, 0.3) is 0 Å². The molecule has 1 aliphatic carbocycles. The van der Waals surface area contributed by atoms with Crippen molar-refractivity contribution < 1.29 is 5.11 Å². The van der Waals surface area contributed by atoms with Gasteiger partial charge in [0.15, 0.2) is 0 Å². The van der Waals surface area contributed by atoms with E-state index < -0.39 is 0 Å². The van der Waals surface area contributed by atoms with Gasteiger partial charge in [-0.1, -0.05) is 20.3 Å². The van der Waals surface area contributed by atoms with Crippen molar-refractivity contribution in [2.45, 2.75) is 39.2 Å². The molecule has 4 heteroatoms. The third-order valence-corrected chi connectivity index (χ3v) is 5.46. The Balaban J connectivity index is 1.73. The van der Waals surface area contributed by atoms with Gasteiger partial charge in [-0.25, -0.2) is 0 Å². The Morgan fingerprint density at radius 2 is 1.71 bits per heavy atom. The Labute approximate surface area is 131 Å². The van der Waals surface area contributed by atoms with Crippen LogP contribution in [-0.4, -0.2) is 85.8 Å². The maximum Gasteiger partial charge on any atom is 0.0631 e. The molecule has 2 atom stereocenters. The van der Waals surface area contributed by atoms with Gasteiger partial charge in [0.2, 0.25) is 0 Å². The molecule has 2 rings (SSSR count). The van der Waals surface area contributed by atoms with Crippen LogP contribution in [0, 0.1) is 11.3 Å². The van der Waals surface area contributed by atoms with Crippen molar-refractivity contribution in [3.8, 4) is 0 Å². The molecule has 124 valence electrons. The lowest BCUT2D eigenvalue weighted by atomic mass is 9.69. The maximum absolute atomic E-state index is 10.6. The molecule has 0 amide bonds. The lowest BCUT2D eigenvalue weighted by molar-refractivity contribution is -0.0466. The molecule has 2 fully saturated rings. The third kappa shape index (κ3) is 4.92. The van der Waals surface area contributed by atoms with Crippen LogP contribution in [0.25, 0.3) is 0 Å². The lowest BCUT2D eigenvalue weighted by Gasteiger charge is -2.44. The minimum Gasteiger partial charge on any atom is -0.392 e. The van der Waals surface area contributed by atoms with E-state index in [9.17, 15) is 5.11 Å². The van der Waals surface area contributed by atoms with E-state index in [0.29, 0.717) is 5.92 Å². The van der Waals surface area contributed by atoms with Gasteiger partial charge in [-0.2, -0.15) is 0 Å². The van der Waals surface area contributed by atoms with Crippen LogP contribution in [0.5, 0.6) is 0 Å². The molecule has 1 N–H and O–H groups in total. The zero-order valence-corrected chi connectivity index (χ0v) is 14.5. The van der Waals surface area contributed by atoms with Gasteiger partial charge < -0.3 is 14.9 Å². The lowest BCUT2D eigenvalue weighted by Crippen LogP contribution is -2.51. The summed E-state index contributed by atoms with van der Waals surface area (Å²) in [5.41, 5.74) is 0.108. The molecule has 0 radical (unpaired) electrons. The Morgan fingerprint density at radius 1 is 1.10 bits per heavy atom. The molecule has 2 unspecified atom stereocenters. The molecule has 1 aliphatic heterocycles. The van der Waals surface area contributed by atoms with Crippen LogP contribution in [0.3, 0.4) is 0 Å². The number of likely N-dealkylation sites (N-methyl/N-ethyl adjacent to an activating group) is 1. The first-order valence-electron chi connectivity index (χ1n) is 8.66. The number of hydrogen-bond acceptors (Lipinski definition) is 4. The number of rotatable bonds is 5. The predicted octanol–water partition coefficient (Wildman–Crippen LogP) is 1.35. The fourth-order valence-electron chi connectivity index (χ4n) is 3.82. The number of aliphatic hydroxyl groups excluding tert-OH is 1. The van der Waals surface area contributed by atoms with Crippen molar-refractivity contribution in [2.75, 3.05) is 59.9 Å². The van der Waals surface area contributed by atoms with E-state index in [1.165, 1.54) is 38.9 Å². The van der Waals surface area contributed by atoms with Crippen molar-refractivity contribution in [1.29, 1.82) is 0 Å². The average Bonchev–Trinajstić information content (AvgIpc) is 2.43. The smallest absolute Gasteiger partial charge is 0.0631 e. The summed E-state index contributed by atoms with van der Waals surface area (Å²) in [6, 6.07) is 0. The third-order valence-electron chi connectivity index (χ3n) is 5.46. The second-order valence-corrected chi connectivity index (χ2v) is 8.03. The molecule has 2 aliphatic rings. The summed E-state index contributed by atoms with van der Waals surface area (Å²) >= 11 is 0. The van der Waals surface area contributed by atoms with Crippen LogP contribution < -0.4 is 0 Å². The van der Waals surface area contributed by atoms with Crippen LogP contribution in [0.2, 0.25) is 0 Å². The van der Waals surface area contributed by atoms with Crippen LogP contribution in [0.15, 0.2) is 0 Å². The fraction of sp³-hybridized carbons (Fsp3) is 1.00. The highest BCUT2D eigenvalue weighted by atomic mass is 16.3. The first kappa shape index (κ1) is 17.2. The molecular formula is C17H35N3O. The van der Waals surface area contributed by atoms with E-state index in [2.05, 4.69) is 42.6 Å². The van der Waals surface area contributed by atoms with E-state index >= 15 is 0 Å². The largest absolute Gasteiger partial charge is 0.392 e. The van der Waals surface area contributed by atoms with Gasteiger partial charge in [0.1, 0.15) is 0 Å². The van der Waals surface area contributed by atoms with Crippen molar-refractivity contribution >= 4 is 0 Å². The number of aliphatic hydroxyl groups is 1. The van der Waals surface area contributed by atoms with E-state index in [-0.39, 0.29) is 11.5 Å². The van der Waals surface area contributed by atoms with E-state index in [1.807, 2.05) is 0 Å². The molecule has 1 heterocycles. The summed E-state index contributed by atoms with van der Waals surface area (Å²) in [5, 5.41) is 10.6. The van der Waals surface area contributed by atoms with E-state index in [0.717, 1.165) is 26.2 Å². The molecule has 0 spiro atoms. The number of hydrogen-bond donors (Lipinski definition) is 1. The van der Waals surface area contributed by atoms with Crippen LogP contribution in [0.1, 0.15) is 33.1 Å². The maximum atomic E-state index is 10.6. The normalized spacial score (nSPS) is 31.7. The zero-order valence-electron chi connectivity index (χ0n) is 14.5. The number of nitrogens with zero attached hydrogens (tertiary/aromatic N) is 3. The molecule has 0 aromatic rings. The molecule has 0 aromatic carbocycles. The van der Waals surface area contributed by atoms with Crippen molar-refractivity contribution in [1.82, 2.24) is 14.7 Å². The zero-order chi connectivity index (χ0) is 15.5. The Bertz CT molecular complexity index is 311. The topological polar surface area (TPSA) is 30.0 Å². The van der Waals surface area contributed by atoms with Crippen LogP contribution in [0.4, 0.5) is 0 Å². The minimum atomic E-state index is -0.127. The highest BCUT2D eigenvalue weighted by molar-refractivity contribution is 4.90. The molecular weight excluding hydrogens is 262 g/mol. The van der Waals surface area contributed by atoms with Crippen molar-refractivity contribution in [2.24, 2.45) is 11.3 Å². The second-order valence-electron chi connectivity index (χ2n) is 8.03. The quantitative estimate of drug-likeness (QED) is 0.830. The summed E-state index contributed by atoms with van der Waals surface area (Å²) in [5.74, 6) is 0.474. The average molecular weight is 297 g/mol. The summed E-state index contributed by atoms with van der Waals surface area (Å²) in [7, 11) is 4.28. The Hall–Kier alpha value is -0.160. The van der Waals surface area contributed by atoms with Gasteiger partial charge in [0.05, 0.1) is 6.10 Å². The monoisotopic (exact) mass is 297 g/mol. The highest BCUT2D eigenvalue weighted by Gasteiger charge is 2.38. The fourth-order valence-corrected chi connectivity index (χ4v) is 3.82. The van der Waals surface area contributed by atoms with Crippen LogP contribution in [-0.2, 0) is 0 Å². The first-order valence-corrected chi connectivity index (χ1v) is 8.66. The van der Waals surface area contributed by atoms with Crippen molar-refractivity contribution in [3.05, 3.63) is 0 Å². The molecule has 0 aromatic heterocycles. The van der Waals surface area contributed by atoms with Gasteiger partial charge in [0, 0.05) is 45.8 Å². The predicted molar refractivity (Wildman–Crippen MR) is 88.6 cm³/mol. The molecule has 1 saturated carbocycles. The molecule has 4 nitrogen and oxygen atoms in total. The standard InChI is InChI=1S/C17H35N3O/c1-17(2)7-5-6-15(16(17)21)14-20-12-10-19(11-13-20)9-8-18(3)4/h15-16,21H,5-14H2,1-4H3. The highest BCUT2D eigenvalue weighted by Crippen LogP contribution is 2.39. The first-order chi connectivity index (χ1) is 9.88. The van der Waals surface area contributed by atoms with E-state index in [1.54, 1.807) is 0 Å². The molecule has 21 heavy (non-hydrogen) atoms. The van der Waals surface area contributed by atoms with Gasteiger partial charge in [-0.15, -0.1) is 0 Å².